The highest BCUT2D eigenvalue weighted by molar-refractivity contribution is 5.83. The fourth-order valence-electron chi connectivity index (χ4n) is 0.693. The molecule has 0 atom stereocenters. The standard InChI is InChI=1S/C6H7N3O2/c1-2-3-9-4-7-8-5(9)6(10)11/h2,4H,1,3H2,(H,10,11). The summed E-state index contributed by atoms with van der Waals surface area (Å²) in [6.45, 7) is 3.88. The molecule has 5 nitrogen and oxygen atoms in total. The van der Waals surface area contributed by atoms with Crippen LogP contribution < -0.4 is 0 Å². The second-order valence-electron chi connectivity index (χ2n) is 1.90. The molecule has 0 fully saturated rings. The molecule has 0 aliphatic rings. The molecule has 0 aromatic carbocycles. The van der Waals surface area contributed by atoms with Gasteiger partial charge in [0, 0.05) is 6.54 Å². The third-order valence-corrected chi connectivity index (χ3v) is 1.13. The first kappa shape index (κ1) is 7.46. The van der Waals surface area contributed by atoms with Crippen LogP contribution in [0.3, 0.4) is 0 Å². The Labute approximate surface area is 63.0 Å². The fraction of sp³-hybridized carbons (Fsp3) is 0.167. The van der Waals surface area contributed by atoms with E-state index in [9.17, 15) is 4.79 Å². The summed E-state index contributed by atoms with van der Waals surface area (Å²) in [6.07, 6.45) is 2.93. The van der Waals surface area contributed by atoms with Crippen LogP contribution in [-0.4, -0.2) is 25.8 Å². The predicted octanol–water partition coefficient (Wildman–Crippen LogP) is 0.162. The van der Waals surface area contributed by atoms with Crippen LogP contribution in [-0.2, 0) is 6.54 Å². The number of allylic oxidation sites excluding steroid dienone is 1. The number of carboxylic acids is 1. The summed E-state index contributed by atoms with van der Waals surface area (Å²) in [5.41, 5.74) is 0. The van der Waals surface area contributed by atoms with E-state index in [1.807, 2.05) is 0 Å². The summed E-state index contributed by atoms with van der Waals surface area (Å²) in [5, 5.41) is 15.4. The molecule has 1 N–H and O–H groups in total. The van der Waals surface area contributed by atoms with Crippen molar-refractivity contribution in [2.75, 3.05) is 0 Å². The molecule has 58 valence electrons. The SMILES string of the molecule is C=CCn1cnnc1C(=O)O. The van der Waals surface area contributed by atoms with Crippen molar-refractivity contribution in [2.45, 2.75) is 6.54 Å². The monoisotopic (exact) mass is 153 g/mol. The van der Waals surface area contributed by atoms with Gasteiger partial charge >= 0.3 is 5.97 Å². The Bertz CT molecular complexity index is 279. The molecular formula is C6H7N3O2. The molecule has 1 heterocycles. The van der Waals surface area contributed by atoms with E-state index in [1.54, 1.807) is 6.08 Å². The second kappa shape index (κ2) is 2.96. The van der Waals surface area contributed by atoms with Crippen LogP contribution in [0.2, 0.25) is 0 Å². The van der Waals surface area contributed by atoms with Gasteiger partial charge in [-0.2, -0.15) is 0 Å². The summed E-state index contributed by atoms with van der Waals surface area (Å²) in [7, 11) is 0. The van der Waals surface area contributed by atoms with Crippen LogP contribution in [0.25, 0.3) is 0 Å². The van der Waals surface area contributed by atoms with Gasteiger partial charge in [0.1, 0.15) is 6.33 Å². The smallest absolute Gasteiger partial charge is 0.374 e. The van der Waals surface area contributed by atoms with Crippen LogP contribution >= 0.6 is 0 Å². The number of hydrogen-bond donors (Lipinski definition) is 1. The zero-order valence-electron chi connectivity index (χ0n) is 5.77. The summed E-state index contributed by atoms with van der Waals surface area (Å²) in [4.78, 5) is 10.4. The van der Waals surface area contributed by atoms with Gasteiger partial charge < -0.3 is 9.67 Å². The lowest BCUT2D eigenvalue weighted by Gasteiger charge is -1.96. The molecule has 11 heavy (non-hydrogen) atoms. The van der Waals surface area contributed by atoms with E-state index < -0.39 is 5.97 Å². The van der Waals surface area contributed by atoms with Crippen molar-refractivity contribution in [1.82, 2.24) is 14.8 Å². The molecule has 0 aliphatic heterocycles. The van der Waals surface area contributed by atoms with Gasteiger partial charge in [-0.25, -0.2) is 4.79 Å². The lowest BCUT2D eigenvalue weighted by atomic mass is 10.5. The molecule has 0 unspecified atom stereocenters. The third kappa shape index (κ3) is 1.43. The zero-order chi connectivity index (χ0) is 8.27. The quantitative estimate of drug-likeness (QED) is 0.628. The van der Waals surface area contributed by atoms with Gasteiger partial charge in [-0.3, -0.25) is 0 Å². The van der Waals surface area contributed by atoms with Gasteiger partial charge in [0.15, 0.2) is 0 Å². The maximum atomic E-state index is 10.4. The highest BCUT2D eigenvalue weighted by Gasteiger charge is 2.09. The molecule has 0 saturated heterocycles. The van der Waals surface area contributed by atoms with Crippen LogP contribution in [0.1, 0.15) is 10.6 Å². The second-order valence-corrected chi connectivity index (χ2v) is 1.90. The lowest BCUT2D eigenvalue weighted by Crippen LogP contribution is -2.07. The molecule has 0 amide bonds. The van der Waals surface area contributed by atoms with Crippen molar-refractivity contribution >= 4 is 5.97 Å². The van der Waals surface area contributed by atoms with E-state index in [1.165, 1.54) is 10.9 Å². The summed E-state index contributed by atoms with van der Waals surface area (Å²) in [5.74, 6) is -1.14. The van der Waals surface area contributed by atoms with Crippen molar-refractivity contribution in [2.24, 2.45) is 0 Å². The van der Waals surface area contributed by atoms with Crippen LogP contribution in [0.15, 0.2) is 19.0 Å². The Balaban J connectivity index is 2.95. The maximum Gasteiger partial charge on any atom is 0.374 e. The summed E-state index contributed by atoms with van der Waals surface area (Å²) >= 11 is 0. The number of nitrogens with zero attached hydrogens (tertiary/aromatic N) is 3. The van der Waals surface area contributed by atoms with Crippen LogP contribution in [0.5, 0.6) is 0 Å². The van der Waals surface area contributed by atoms with Crippen molar-refractivity contribution in [1.29, 1.82) is 0 Å². The topological polar surface area (TPSA) is 68.0 Å². The average Bonchev–Trinajstić information content (AvgIpc) is 2.36. The fourth-order valence-corrected chi connectivity index (χ4v) is 0.693. The van der Waals surface area contributed by atoms with E-state index in [2.05, 4.69) is 16.8 Å². The molecule has 0 radical (unpaired) electrons. The highest BCUT2D eigenvalue weighted by Crippen LogP contribution is 1.94. The van der Waals surface area contributed by atoms with E-state index in [0.29, 0.717) is 6.54 Å². The normalized spacial score (nSPS) is 9.45. The molecule has 1 rings (SSSR count). The predicted molar refractivity (Wildman–Crippen MR) is 37.2 cm³/mol. The molecule has 0 saturated carbocycles. The van der Waals surface area contributed by atoms with Gasteiger partial charge in [-0.1, -0.05) is 6.08 Å². The first-order valence-corrected chi connectivity index (χ1v) is 2.97. The molecule has 1 aromatic heterocycles. The molecular weight excluding hydrogens is 146 g/mol. The van der Waals surface area contributed by atoms with Gasteiger partial charge in [0.2, 0.25) is 5.82 Å². The molecule has 1 aromatic rings. The van der Waals surface area contributed by atoms with E-state index in [0.717, 1.165) is 0 Å². The number of rotatable bonds is 3. The van der Waals surface area contributed by atoms with Crippen molar-refractivity contribution in [3.8, 4) is 0 Å². The minimum absolute atomic E-state index is 0.0649. The van der Waals surface area contributed by atoms with Gasteiger partial charge in [0.25, 0.3) is 0 Å². The van der Waals surface area contributed by atoms with Gasteiger partial charge in [0.05, 0.1) is 0 Å². The Morgan fingerprint density at radius 3 is 3.18 bits per heavy atom. The highest BCUT2D eigenvalue weighted by atomic mass is 16.4. The maximum absolute atomic E-state index is 10.4. The molecule has 0 spiro atoms. The van der Waals surface area contributed by atoms with E-state index >= 15 is 0 Å². The van der Waals surface area contributed by atoms with Crippen LogP contribution in [0.4, 0.5) is 0 Å². The first-order valence-electron chi connectivity index (χ1n) is 2.97. The van der Waals surface area contributed by atoms with E-state index in [-0.39, 0.29) is 5.82 Å². The molecule has 0 bridgehead atoms. The number of hydrogen-bond acceptors (Lipinski definition) is 3. The van der Waals surface area contributed by atoms with Crippen molar-refractivity contribution < 1.29 is 9.90 Å². The third-order valence-electron chi connectivity index (χ3n) is 1.13. The van der Waals surface area contributed by atoms with Crippen LogP contribution in [0, 0.1) is 0 Å². The Kier molecular flexibility index (Phi) is 2.00. The number of carboxylic acid groups (broad SMARTS) is 1. The summed E-state index contributed by atoms with van der Waals surface area (Å²) in [6, 6.07) is 0. The van der Waals surface area contributed by atoms with Crippen molar-refractivity contribution in [3.05, 3.63) is 24.8 Å². The van der Waals surface area contributed by atoms with E-state index in [4.69, 9.17) is 5.11 Å². The Morgan fingerprint density at radius 2 is 2.64 bits per heavy atom. The lowest BCUT2D eigenvalue weighted by molar-refractivity contribution is 0.0678. The Hall–Kier alpha value is -1.65. The Morgan fingerprint density at radius 1 is 1.91 bits per heavy atom. The first-order chi connectivity index (χ1) is 5.25. The van der Waals surface area contributed by atoms with Gasteiger partial charge in [-0.15, -0.1) is 16.8 Å². The molecule has 0 aliphatic carbocycles. The number of aromatic carboxylic acids is 1. The summed E-state index contributed by atoms with van der Waals surface area (Å²) < 4.78 is 1.40. The zero-order valence-corrected chi connectivity index (χ0v) is 5.77. The van der Waals surface area contributed by atoms with Gasteiger partial charge in [-0.05, 0) is 0 Å². The largest absolute Gasteiger partial charge is 0.475 e. The number of aromatic nitrogens is 3. The van der Waals surface area contributed by atoms with Crippen molar-refractivity contribution in [3.63, 3.8) is 0 Å². The minimum Gasteiger partial charge on any atom is -0.475 e. The minimum atomic E-state index is -1.08. The average molecular weight is 153 g/mol. The molecule has 5 heteroatoms. The number of carbonyl (C=O) groups is 1.